The highest BCUT2D eigenvalue weighted by Gasteiger charge is 2.17. The minimum Gasteiger partial charge on any atom is -0.459 e. The van der Waals surface area contributed by atoms with Crippen LogP contribution in [0.25, 0.3) is 11.3 Å². The van der Waals surface area contributed by atoms with Gasteiger partial charge in [0.25, 0.3) is 0 Å². The molecule has 0 atom stereocenters. The summed E-state index contributed by atoms with van der Waals surface area (Å²) >= 11 is 0. The number of aromatic nitrogens is 2. The molecule has 2 aromatic rings. The van der Waals surface area contributed by atoms with E-state index in [0.29, 0.717) is 0 Å². The number of halogens is 1. The van der Waals surface area contributed by atoms with Gasteiger partial charge in [-0.1, -0.05) is 24.8 Å². The van der Waals surface area contributed by atoms with E-state index in [4.69, 9.17) is 15.7 Å². The second kappa shape index (κ2) is 5.80. The van der Waals surface area contributed by atoms with Crippen LogP contribution in [0.3, 0.4) is 0 Å². The number of nitriles is 1. The molecule has 0 spiro atoms. The third kappa shape index (κ3) is 2.57. The van der Waals surface area contributed by atoms with E-state index in [1.165, 1.54) is 18.2 Å². The standard InChI is InChI=1S/C14H11FN4O/c1-2-7-20-14-18-12(10(8-16)13(17)19-14)9-5-3-4-6-11(9)15/h2-6H,1,7H2,(H2,17,18,19). The zero-order valence-electron chi connectivity index (χ0n) is 10.5. The summed E-state index contributed by atoms with van der Waals surface area (Å²) < 4.78 is 19.0. The number of hydrogen-bond acceptors (Lipinski definition) is 5. The minimum absolute atomic E-state index is 0.0149. The molecule has 1 aromatic heterocycles. The van der Waals surface area contributed by atoms with E-state index in [2.05, 4.69) is 16.5 Å². The molecule has 0 saturated carbocycles. The van der Waals surface area contributed by atoms with Crippen molar-refractivity contribution in [3.8, 4) is 23.3 Å². The van der Waals surface area contributed by atoms with Crippen LogP contribution in [0.1, 0.15) is 5.56 Å². The molecule has 0 aliphatic carbocycles. The van der Waals surface area contributed by atoms with Gasteiger partial charge in [0.1, 0.15) is 35.6 Å². The molecule has 0 fully saturated rings. The van der Waals surface area contributed by atoms with Crippen molar-refractivity contribution in [3.05, 3.63) is 48.3 Å². The van der Waals surface area contributed by atoms with Crippen LogP contribution in [-0.2, 0) is 0 Å². The minimum atomic E-state index is -0.503. The smallest absolute Gasteiger partial charge is 0.319 e. The van der Waals surface area contributed by atoms with Crippen LogP contribution in [0.5, 0.6) is 6.01 Å². The van der Waals surface area contributed by atoms with Crippen molar-refractivity contribution in [1.82, 2.24) is 9.97 Å². The molecular formula is C14H11FN4O. The second-order valence-electron chi connectivity index (χ2n) is 3.81. The fourth-order valence-corrected chi connectivity index (χ4v) is 1.61. The van der Waals surface area contributed by atoms with Crippen LogP contribution in [0.15, 0.2) is 36.9 Å². The van der Waals surface area contributed by atoms with E-state index < -0.39 is 5.82 Å². The fourth-order valence-electron chi connectivity index (χ4n) is 1.61. The number of anilines is 1. The van der Waals surface area contributed by atoms with E-state index in [1.807, 2.05) is 6.07 Å². The molecule has 1 heterocycles. The first-order chi connectivity index (χ1) is 9.67. The van der Waals surface area contributed by atoms with Gasteiger partial charge in [-0.25, -0.2) is 4.39 Å². The molecule has 2 N–H and O–H groups in total. The maximum atomic E-state index is 13.8. The van der Waals surface area contributed by atoms with Crippen molar-refractivity contribution in [2.24, 2.45) is 0 Å². The van der Waals surface area contributed by atoms with Gasteiger partial charge in [0.2, 0.25) is 0 Å². The Hall–Kier alpha value is -2.94. The summed E-state index contributed by atoms with van der Waals surface area (Å²) in [5, 5.41) is 9.13. The predicted octanol–water partition coefficient (Wildman–Crippen LogP) is 2.30. The van der Waals surface area contributed by atoms with E-state index in [0.717, 1.165) is 0 Å². The lowest BCUT2D eigenvalue weighted by atomic mass is 10.1. The fraction of sp³-hybridized carbons (Fsp3) is 0.0714. The number of nitrogen functional groups attached to an aromatic ring is 1. The lowest BCUT2D eigenvalue weighted by Gasteiger charge is -2.09. The Kier molecular flexibility index (Phi) is 3.91. The Bertz CT molecular complexity index is 694. The molecular weight excluding hydrogens is 259 g/mol. The summed E-state index contributed by atoms with van der Waals surface area (Å²) in [6, 6.07) is 7.83. The molecule has 20 heavy (non-hydrogen) atoms. The van der Waals surface area contributed by atoms with Crippen LogP contribution in [0.2, 0.25) is 0 Å². The number of nitrogens with two attached hydrogens (primary N) is 1. The van der Waals surface area contributed by atoms with Gasteiger partial charge in [-0.2, -0.15) is 15.2 Å². The van der Waals surface area contributed by atoms with Gasteiger partial charge in [-0.3, -0.25) is 0 Å². The molecule has 0 radical (unpaired) electrons. The number of rotatable bonds is 4. The largest absolute Gasteiger partial charge is 0.459 e. The Morgan fingerprint density at radius 1 is 1.40 bits per heavy atom. The van der Waals surface area contributed by atoms with Crippen molar-refractivity contribution in [1.29, 1.82) is 5.26 Å². The zero-order valence-corrected chi connectivity index (χ0v) is 10.5. The first-order valence-corrected chi connectivity index (χ1v) is 5.73. The topological polar surface area (TPSA) is 84.8 Å². The Labute approximate surface area is 115 Å². The van der Waals surface area contributed by atoms with Gasteiger partial charge in [0.05, 0.1) is 0 Å². The van der Waals surface area contributed by atoms with Gasteiger partial charge < -0.3 is 10.5 Å². The molecule has 2 rings (SSSR count). The summed E-state index contributed by atoms with van der Waals surface area (Å²) in [5.74, 6) is -0.559. The van der Waals surface area contributed by atoms with E-state index in [-0.39, 0.29) is 35.3 Å². The molecule has 0 aliphatic heterocycles. The quantitative estimate of drug-likeness (QED) is 0.861. The van der Waals surface area contributed by atoms with Gasteiger partial charge in [0.15, 0.2) is 0 Å². The molecule has 0 saturated heterocycles. The number of benzene rings is 1. The Morgan fingerprint density at radius 2 is 2.15 bits per heavy atom. The van der Waals surface area contributed by atoms with E-state index >= 15 is 0 Å². The van der Waals surface area contributed by atoms with Gasteiger partial charge >= 0.3 is 6.01 Å². The molecule has 0 unspecified atom stereocenters. The monoisotopic (exact) mass is 270 g/mol. The van der Waals surface area contributed by atoms with Gasteiger partial charge in [-0.05, 0) is 12.1 Å². The van der Waals surface area contributed by atoms with Crippen LogP contribution in [0.4, 0.5) is 10.2 Å². The van der Waals surface area contributed by atoms with Crippen molar-refractivity contribution < 1.29 is 9.13 Å². The molecule has 0 aliphatic rings. The van der Waals surface area contributed by atoms with Crippen molar-refractivity contribution in [3.63, 3.8) is 0 Å². The Morgan fingerprint density at radius 3 is 2.80 bits per heavy atom. The zero-order chi connectivity index (χ0) is 14.5. The summed E-state index contributed by atoms with van der Waals surface area (Å²) in [5.41, 5.74) is 5.98. The van der Waals surface area contributed by atoms with Gasteiger partial charge in [0, 0.05) is 5.56 Å². The first kappa shape index (κ1) is 13.5. The van der Waals surface area contributed by atoms with Gasteiger partial charge in [-0.15, -0.1) is 0 Å². The van der Waals surface area contributed by atoms with E-state index in [9.17, 15) is 4.39 Å². The normalized spacial score (nSPS) is 9.80. The maximum absolute atomic E-state index is 13.8. The molecule has 100 valence electrons. The predicted molar refractivity (Wildman–Crippen MR) is 72.2 cm³/mol. The van der Waals surface area contributed by atoms with Crippen LogP contribution < -0.4 is 10.5 Å². The van der Waals surface area contributed by atoms with Crippen molar-refractivity contribution in [2.75, 3.05) is 12.3 Å². The third-order valence-electron chi connectivity index (χ3n) is 2.49. The van der Waals surface area contributed by atoms with Crippen molar-refractivity contribution >= 4 is 5.82 Å². The maximum Gasteiger partial charge on any atom is 0.319 e. The van der Waals surface area contributed by atoms with Crippen LogP contribution in [-0.4, -0.2) is 16.6 Å². The highest BCUT2D eigenvalue weighted by molar-refractivity contribution is 5.72. The SMILES string of the molecule is C=CCOc1nc(N)c(C#N)c(-c2ccccc2F)n1. The van der Waals surface area contributed by atoms with Crippen LogP contribution in [0, 0.1) is 17.1 Å². The molecule has 6 heteroatoms. The highest BCUT2D eigenvalue weighted by Crippen LogP contribution is 2.28. The molecule has 0 bridgehead atoms. The summed E-state index contributed by atoms with van der Waals surface area (Å²) in [4.78, 5) is 7.90. The number of ether oxygens (including phenoxy) is 1. The number of hydrogen-bond donors (Lipinski definition) is 1. The Balaban J connectivity index is 2.61. The van der Waals surface area contributed by atoms with Crippen molar-refractivity contribution in [2.45, 2.75) is 0 Å². The summed E-state index contributed by atoms with van der Waals surface area (Å²) in [6.45, 7) is 3.69. The molecule has 0 amide bonds. The average Bonchev–Trinajstić information content (AvgIpc) is 2.45. The first-order valence-electron chi connectivity index (χ1n) is 5.73. The molecule has 5 nitrogen and oxygen atoms in total. The van der Waals surface area contributed by atoms with E-state index in [1.54, 1.807) is 12.1 Å². The lowest BCUT2D eigenvalue weighted by Crippen LogP contribution is -2.06. The average molecular weight is 270 g/mol. The molecule has 1 aromatic carbocycles. The summed E-state index contributed by atoms with van der Waals surface area (Å²) in [7, 11) is 0. The third-order valence-corrected chi connectivity index (χ3v) is 2.49. The van der Waals surface area contributed by atoms with Crippen LogP contribution >= 0.6 is 0 Å². The highest BCUT2D eigenvalue weighted by atomic mass is 19.1. The second-order valence-corrected chi connectivity index (χ2v) is 3.81. The number of nitrogens with zero attached hydrogens (tertiary/aromatic N) is 3. The summed E-state index contributed by atoms with van der Waals surface area (Å²) in [6.07, 6.45) is 1.51. The lowest BCUT2D eigenvalue weighted by molar-refractivity contribution is 0.334.